The molecule has 5 heteroatoms. The maximum absolute atomic E-state index is 12.3. The first-order chi connectivity index (χ1) is 10.7. The van der Waals surface area contributed by atoms with Crippen LogP contribution in [0.5, 0.6) is 0 Å². The van der Waals surface area contributed by atoms with E-state index in [1.807, 2.05) is 0 Å². The molecule has 2 atom stereocenters. The van der Waals surface area contributed by atoms with E-state index in [0.717, 1.165) is 19.3 Å². The maximum atomic E-state index is 12.3. The van der Waals surface area contributed by atoms with Crippen LogP contribution in [0, 0.1) is 5.92 Å². The zero-order valence-corrected chi connectivity index (χ0v) is 15.2. The number of carbonyl (C=O) groups is 1. The topological polar surface area (TPSA) is 63.2 Å². The second-order valence-electron chi connectivity index (χ2n) is 7.06. The van der Waals surface area contributed by atoms with Gasteiger partial charge in [0, 0.05) is 12.2 Å². The van der Waals surface area contributed by atoms with Crippen molar-refractivity contribution >= 4 is 15.7 Å². The molecule has 0 spiro atoms. The van der Waals surface area contributed by atoms with Crippen molar-refractivity contribution in [3.05, 3.63) is 34.9 Å². The number of nitrogens with one attached hydrogen (secondary N) is 1. The molecule has 0 aromatic heterocycles. The Morgan fingerprint density at radius 2 is 2.00 bits per heavy atom. The molecule has 1 aliphatic carbocycles. The zero-order chi connectivity index (χ0) is 17.2. The van der Waals surface area contributed by atoms with Crippen LogP contribution in [0.4, 0.5) is 0 Å². The molecule has 0 radical (unpaired) electrons. The molecule has 1 aromatic carbocycles. The van der Waals surface area contributed by atoms with Gasteiger partial charge < -0.3 is 5.32 Å². The fourth-order valence-electron chi connectivity index (χ4n) is 3.17. The number of benzene rings is 1. The second kappa shape index (κ2) is 7.04. The molecule has 128 valence electrons. The lowest BCUT2D eigenvalue weighted by molar-refractivity contribution is -0.124. The predicted molar refractivity (Wildman–Crippen MR) is 93.2 cm³/mol. The zero-order valence-electron chi connectivity index (χ0n) is 14.4. The average Bonchev–Trinajstić information content (AvgIpc) is 2.45. The van der Waals surface area contributed by atoms with Gasteiger partial charge in [0.2, 0.25) is 5.91 Å². The van der Waals surface area contributed by atoms with Crippen LogP contribution in [0.15, 0.2) is 18.2 Å². The molecule has 1 aliphatic rings. The summed E-state index contributed by atoms with van der Waals surface area (Å²) in [6, 6.07) is 6.53. The van der Waals surface area contributed by atoms with Crippen molar-refractivity contribution < 1.29 is 13.2 Å². The summed E-state index contributed by atoms with van der Waals surface area (Å²) in [6.45, 7) is 5.99. The third-order valence-electron chi connectivity index (χ3n) is 4.47. The molecule has 1 aromatic rings. The molecular formula is C18H27NO3S. The van der Waals surface area contributed by atoms with E-state index in [4.69, 9.17) is 0 Å². The van der Waals surface area contributed by atoms with Crippen LogP contribution in [0.3, 0.4) is 0 Å². The molecule has 0 fully saturated rings. The molecule has 1 N–H and O–H groups in total. The number of carbonyl (C=O) groups excluding carboxylic acids is 1. The van der Waals surface area contributed by atoms with Crippen molar-refractivity contribution in [2.24, 2.45) is 5.92 Å². The monoisotopic (exact) mass is 337 g/mol. The van der Waals surface area contributed by atoms with Crippen LogP contribution in [0.1, 0.15) is 62.3 Å². The van der Waals surface area contributed by atoms with Gasteiger partial charge in [-0.25, -0.2) is 8.42 Å². The van der Waals surface area contributed by atoms with E-state index >= 15 is 0 Å². The Morgan fingerprint density at radius 3 is 2.61 bits per heavy atom. The summed E-state index contributed by atoms with van der Waals surface area (Å²) in [4.78, 5) is 12.3. The van der Waals surface area contributed by atoms with Gasteiger partial charge in [-0.3, -0.25) is 4.79 Å². The number of rotatable bonds is 5. The summed E-state index contributed by atoms with van der Waals surface area (Å²) in [5.74, 6) is -0.362. The summed E-state index contributed by atoms with van der Waals surface area (Å²) in [5.41, 5.74) is 3.76. The van der Waals surface area contributed by atoms with Gasteiger partial charge in [-0.05, 0) is 41.9 Å². The van der Waals surface area contributed by atoms with Crippen LogP contribution >= 0.6 is 0 Å². The number of fused-ring (bicyclic) bond motifs is 1. The number of amides is 1. The number of sulfone groups is 1. The molecular weight excluding hydrogens is 310 g/mol. The van der Waals surface area contributed by atoms with Gasteiger partial charge in [0.1, 0.15) is 9.84 Å². The molecule has 1 amide bonds. The second-order valence-corrected chi connectivity index (χ2v) is 9.24. The summed E-state index contributed by atoms with van der Waals surface area (Å²) < 4.78 is 22.8. The SMILES string of the molecule is CC(C)c1ccc2c(c1)[C@H](NC(=O)[C@@H](C)CS(C)(=O)=O)CCC2. The van der Waals surface area contributed by atoms with Crippen LogP contribution in [-0.4, -0.2) is 26.3 Å². The van der Waals surface area contributed by atoms with Crippen molar-refractivity contribution in [1.29, 1.82) is 0 Å². The molecule has 2 rings (SSSR count). The molecule has 0 aliphatic heterocycles. The minimum Gasteiger partial charge on any atom is -0.349 e. The fraction of sp³-hybridized carbons (Fsp3) is 0.611. The standard InChI is InChI=1S/C18H27NO3S/c1-12(2)15-9-8-14-6-5-7-17(16(14)10-15)19-18(20)13(3)11-23(4,21)22/h8-10,12-13,17H,5-7,11H2,1-4H3,(H,19,20)/t13-,17+/m0/s1. The highest BCUT2D eigenvalue weighted by atomic mass is 32.2. The minimum absolute atomic E-state index is 0.00744. The lowest BCUT2D eigenvalue weighted by Gasteiger charge is -2.28. The van der Waals surface area contributed by atoms with E-state index < -0.39 is 15.8 Å². The molecule has 0 saturated carbocycles. The number of aryl methyl sites for hydroxylation is 1. The Hall–Kier alpha value is -1.36. The summed E-state index contributed by atoms with van der Waals surface area (Å²) in [5, 5.41) is 3.06. The fourth-order valence-corrected chi connectivity index (χ4v) is 4.23. The molecule has 0 saturated heterocycles. The molecule has 4 nitrogen and oxygen atoms in total. The first-order valence-corrected chi connectivity index (χ1v) is 10.3. The minimum atomic E-state index is -3.15. The van der Waals surface area contributed by atoms with E-state index in [0.29, 0.717) is 5.92 Å². The van der Waals surface area contributed by atoms with E-state index in [2.05, 4.69) is 37.4 Å². The number of hydrogen-bond acceptors (Lipinski definition) is 3. The van der Waals surface area contributed by atoms with Gasteiger partial charge in [0.15, 0.2) is 0 Å². The van der Waals surface area contributed by atoms with Crippen molar-refractivity contribution in [1.82, 2.24) is 5.32 Å². The van der Waals surface area contributed by atoms with Crippen LogP contribution < -0.4 is 5.32 Å². The Bertz CT molecular complexity index is 680. The molecule has 23 heavy (non-hydrogen) atoms. The lowest BCUT2D eigenvalue weighted by atomic mass is 9.85. The van der Waals surface area contributed by atoms with Crippen molar-refractivity contribution in [2.45, 2.75) is 52.0 Å². The smallest absolute Gasteiger partial charge is 0.224 e. The van der Waals surface area contributed by atoms with Crippen molar-refractivity contribution in [3.63, 3.8) is 0 Å². The number of hydrogen-bond donors (Lipinski definition) is 1. The Morgan fingerprint density at radius 1 is 1.30 bits per heavy atom. The summed E-state index contributed by atoms with van der Waals surface area (Å²) >= 11 is 0. The van der Waals surface area contributed by atoms with E-state index in [9.17, 15) is 13.2 Å². The lowest BCUT2D eigenvalue weighted by Crippen LogP contribution is -2.37. The first-order valence-electron chi connectivity index (χ1n) is 8.28. The quantitative estimate of drug-likeness (QED) is 0.898. The summed E-state index contributed by atoms with van der Waals surface area (Å²) in [6.07, 6.45) is 4.16. The van der Waals surface area contributed by atoms with Crippen molar-refractivity contribution in [3.8, 4) is 0 Å². The third kappa shape index (κ3) is 4.80. The Kier molecular flexibility index (Phi) is 5.50. The van der Waals surface area contributed by atoms with Gasteiger partial charge in [-0.2, -0.15) is 0 Å². The van der Waals surface area contributed by atoms with Crippen LogP contribution in [0.2, 0.25) is 0 Å². The molecule has 0 bridgehead atoms. The van der Waals surface area contributed by atoms with E-state index in [-0.39, 0.29) is 17.7 Å². The van der Waals surface area contributed by atoms with Gasteiger partial charge in [-0.1, -0.05) is 39.0 Å². The van der Waals surface area contributed by atoms with Crippen molar-refractivity contribution in [2.75, 3.05) is 12.0 Å². The Balaban J connectivity index is 2.16. The van der Waals surface area contributed by atoms with E-state index in [1.165, 1.54) is 22.9 Å². The van der Waals surface area contributed by atoms with Crippen LogP contribution in [-0.2, 0) is 21.1 Å². The highest BCUT2D eigenvalue weighted by Gasteiger charge is 2.25. The third-order valence-corrected chi connectivity index (χ3v) is 5.57. The van der Waals surface area contributed by atoms with Gasteiger partial charge in [-0.15, -0.1) is 0 Å². The van der Waals surface area contributed by atoms with Gasteiger partial charge >= 0.3 is 0 Å². The average molecular weight is 337 g/mol. The molecule has 0 heterocycles. The normalized spacial score (nSPS) is 19.3. The highest BCUT2D eigenvalue weighted by Crippen LogP contribution is 2.32. The van der Waals surface area contributed by atoms with Crippen LogP contribution in [0.25, 0.3) is 0 Å². The summed E-state index contributed by atoms with van der Waals surface area (Å²) in [7, 11) is -3.15. The maximum Gasteiger partial charge on any atom is 0.224 e. The Labute approximate surface area is 139 Å². The van der Waals surface area contributed by atoms with Gasteiger partial charge in [0.25, 0.3) is 0 Å². The van der Waals surface area contributed by atoms with Gasteiger partial charge in [0.05, 0.1) is 11.8 Å². The largest absolute Gasteiger partial charge is 0.349 e. The highest BCUT2D eigenvalue weighted by molar-refractivity contribution is 7.90. The van der Waals surface area contributed by atoms with E-state index in [1.54, 1.807) is 6.92 Å². The molecule has 0 unspecified atom stereocenters. The predicted octanol–water partition coefficient (Wildman–Crippen LogP) is 2.98. The first kappa shape index (κ1) is 18.0.